The van der Waals surface area contributed by atoms with E-state index >= 15 is 0 Å². The summed E-state index contributed by atoms with van der Waals surface area (Å²) in [6.45, 7) is 11.3. The first kappa shape index (κ1) is 58.5. The van der Waals surface area contributed by atoms with Gasteiger partial charge < -0.3 is 72.7 Å². The molecule has 0 spiro atoms. The number of nitrogen functional groups attached to an aromatic ring is 1. The van der Waals surface area contributed by atoms with Gasteiger partial charge in [0.05, 0.1) is 40.3 Å². The molecule has 2 amide bonds. The smallest absolute Gasteiger partial charge is 0.255 e. The Morgan fingerprint density at radius 3 is 1.62 bits per heavy atom. The molecular weight excluding hydrogens is 1040 g/mol. The van der Waals surface area contributed by atoms with Crippen molar-refractivity contribution in [3.63, 3.8) is 0 Å². The summed E-state index contributed by atoms with van der Waals surface area (Å²) >= 11 is 0. The molecule has 80 heavy (non-hydrogen) atoms. The summed E-state index contributed by atoms with van der Waals surface area (Å²) in [5.74, 6) is -15.3. The van der Waals surface area contributed by atoms with Crippen LogP contribution in [0.25, 0.3) is 11.5 Å². The third kappa shape index (κ3) is 9.24. The zero-order chi connectivity index (χ0) is 59.2. The molecule has 8 rings (SSSR count). The summed E-state index contributed by atoms with van der Waals surface area (Å²) in [4.78, 5) is 95.8. The Morgan fingerprint density at radius 1 is 0.725 bits per heavy atom. The first-order valence-corrected chi connectivity index (χ1v) is 26.2. The fourth-order valence-electron chi connectivity index (χ4n) is 12.8. The molecule has 2 aromatic carbocycles. The Balaban J connectivity index is 1.15. The van der Waals surface area contributed by atoms with Crippen molar-refractivity contribution in [2.45, 2.75) is 97.1 Å². The number of aliphatic hydroxyl groups is 6. The number of ether oxygens (including phenoxy) is 1. The van der Waals surface area contributed by atoms with E-state index in [4.69, 9.17) is 31.6 Å². The number of anilines is 1. The maximum atomic E-state index is 14.7. The second-order valence-corrected chi connectivity index (χ2v) is 23.0. The number of hydrogen-bond acceptors (Lipinski definition) is 22. The van der Waals surface area contributed by atoms with E-state index in [1.165, 1.54) is 38.0 Å². The molecule has 2 saturated carbocycles. The molecule has 8 atom stereocenters. The first-order valence-electron chi connectivity index (χ1n) is 26.2. The third-order valence-corrected chi connectivity index (χ3v) is 16.2. The van der Waals surface area contributed by atoms with Crippen LogP contribution < -0.4 is 27.3 Å². The normalized spacial score (nSPS) is 27.0. The van der Waals surface area contributed by atoms with Gasteiger partial charge in [0.2, 0.25) is 11.6 Å². The highest BCUT2D eigenvalue weighted by Crippen LogP contribution is 2.56. The predicted octanol–water partition coefficient (Wildman–Crippen LogP) is 1.83. The number of likely N-dealkylation sites (N-methyl/N-ethyl adjacent to an activating group) is 2. The fourth-order valence-corrected chi connectivity index (χ4v) is 12.8. The predicted molar refractivity (Wildman–Crippen MR) is 290 cm³/mol. The molecule has 0 aromatic heterocycles. The van der Waals surface area contributed by atoms with Crippen molar-refractivity contribution in [1.82, 2.24) is 15.1 Å². The molecule has 14 N–H and O–H groups in total. The SMILES string of the molecule is CCO/N=C(\C)c1cc(N)c(OCCO/N=C(\C)c2cc(CNCC(C)(C)C)c(O)c3c2C[C@H]2C[C@H]4[C@H](N(C)C)C(=O)C(C(N)=O)=C(O)[C@@]4(O)C(=O)C2=C3O)c2c1C[C@H]1C[C@H]3[C@H](N(C)C)C(=O)C(C(N)=O)=C(O)[C@@]3(O)C(=O)C1=C2O. The lowest BCUT2D eigenvalue weighted by molar-refractivity contribution is -0.155. The van der Waals surface area contributed by atoms with E-state index < -0.39 is 116 Å². The zero-order valence-corrected chi connectivity index (χ0v) is 46.3. The molecular formula is C56H70N8O16. The molecule has 6 aliphatic carbocycles. The molecule has 2 aromatic rings. The number of benzene rings is 2. The number of ketones is 4. The van der Waals surface area contributed by atoms with E-state index in [1.54, 1.807) is 32.9 Å². The largest absolute Gasteiger partial charge is 0.508 e. The number of carbonyl (C=O) groups excluding carboxylic acids is 6. The molecule has 24 nitrogen and oxygen atoms in total. The summed E-state index contributed by atoms with van der Waals surface area (Å²) in [5, 5.41) is 95.5. The van der Waals surface area contributed by atoms with Gasteiger partial charge in [-0.1, -0.05) is 31.1 Å². The van der Waals surface area contributed by atoms with Crippen LogP contribution in [0, 0.1) is 29.1 Å². The number of phenolic OH excluding ortho intramolecular Hbond substituents is 1. The van der Waals surface area contributed by atoms with Crippen molar-refractivity contribution in [3.8, 4) is 11.5 Å². The van der Waals surface area contributed by atoms with Crippen LogP contribution >= 0.6 is 0 Å². The Hall–Kier alpha value is -7.64. The highest BCUT2D eigenvalue weighted by molar-refractivity contribution is 6.26. The number of primary amides is 2. The van der Waals surface area contributed by atoms with Gasteiger partial charge in [0.1, 0.15) is 53.1 Å². The average molecular weight is 1110 g/mol. The Bertz CT molecular complexity index is 3250. The lowest BCUT2D eigenvalue weighted by atomic mass is 9.57. The molecule has 430 valence electrons. The van der Waals surface area contributed by atoms with Crippen molar-refractivity contribution in [1.29, 1.82) is 0 Å². The van der Waals surface area contributed by atoms with Crippen LogP contribution in [0.15, 0.2) is 56.3 Å². The number of phenols is 1. The number of nitrogens with one attached hydrogen (secondary N) is 1. The summed E-state index contributed by atoms with van der Waals surface area (Å²) in [5.41, 5.74) is 11.6. The lowest BCUT2D eigenvalue weighted by Crippen LogP contribution is -2.65. The molecule has 0 aliphatic heterocycles. The summed E-state index contributed by atoms with van der Waals surface area (Å²) < 4.78 is 6.24. The van der Waals surface area contributed by atoms with Crippen molar-refractivity contribution < 1.29 is 78.9 Å². The maximum absolute atomic E-state index is 14.7. The van der Waals surface area contributed by atoms with Gasteiger partial charge in [0, 0.05) is 52.8 Å². The molecule has 6 aliphatic rings. The Morgan fingerprint density at radius 2 is 1.18 bits per heavy atom. The van der Waals surface area contributed by atoms with Gasteiger partial charge in [-0.05, 0) is 115 Å². The van der Waals surface area contributed by atoms with Gasteiger partial charge >= 0.3 is 0 Å². The van der Waals surface area contributed by atoms with Crippen molar-refractivity contribution in [3.05, 3.63) is 84.9 Å². The molecule has 0 unspecified atom stereocenters. The van der Waals surface area contributed by atoms with E-state index in [0.29, 0.717) is 34.5 Å². The number of carbonyl (C=O) groups is 6. The second kappa shape index (κ2) is 21.1. The number of fused-ring (bicyclic) bond motifs is 6. The molecule has 2 fully saturated rings. The minimum atomic E-state index is -2.84. The summed E-state index contributed by atoms with van der Waals surface area (Å²) in [6.07, 6.45) is -0.267. The number of Topliss-reactive ketones (excluding diaryl/α,β-unsaturated/α-hetero) is 4. The van der Waals surface area contributed by atoms with E-state index in [1.807, 2.05) is 20.8 Å². The highest BCUT2D eigenvalue weighted by Gasteiger charge is 2.66. The van der Waals surface area contributed by atoms with Crippen LogP contribution in [0.2, 0.25) is 0 Å². The van der Waals surface area contributed by atoms with Crippen molar-refractivity contribution in [2.24, 2.45) is 50.9 Å². The van der Waals surface area contributed by atoms with E-state index in [9.17, 15) is 64.5 Å². The monoisotopic (exact) mass is 1110 g/mol. The summed E-state index contributed by atoms with van der Waals surface area (Å²) in [6, 6.07) is 0.681. The number of amides is 2. The number of nitrogens with two attached hydrogens (primary N) is 3. The van der Waals surface area contributed by atoms with Gasteiger partial charge in [0.15, 0.2) is 35.1 Å². The van der Waals surface area contributed by atoms with Gasteiger partial charge in [0.25, 0.3) is 11.8 Å². The van der Waals surface area contributed by atoms with E-state index in [-0.39, 0.29) is 108 Å². The van der Waals surface area contributed by atoms with Gasteiger partial charge in [-0.25, -0.2) is 0 Å². The standard InChI is InChI=1S/C56H70N8O16/c1-11-79-61-23(3)28-19-33(57)47(37-30(28)15-25-18-32-41(64(9)10)46(69)39(53(59)75)51(73)56(32,77)49(71)35(25)44(37)67)78-12-13-80-62-22(2)27-16-26(20-60-21-54(4,5)6)42(65)36-29(27)14-24-17-31-40(63(7)8)45(68)38(52(58)74)50(72)55(31,76)48(70)34(24)43(36)66/h16,19,24-25,31-32,40-41,60,65-67,72-73,76-77H,11-15,17-18,20-21,57H2,1-10H3,(H2,58,74)(H2,59,75)/b61-23+,62-22+/t24-,25-,31-,32-,40-,41-,55-,56-/m0/s1. The lowest BCUT2D eigenvalue weighted by Gasteiger charge is -2.50. The van der Waals surface area contributed by atoms with Crippen LogP contribution in [0.4, 0.5) is 5.69 Å². The van der Waals surface area contributed by atoms with E-state index in [2.05, 4.69) is 15.6 Å². The van der Waals surface area contributed by atoms with Crippen LogP contribution in [-0.2, 0) is 57.8 Å². The average Bonchev–Trinajstić information content (AvgIpc) is 3.09. The topological polar surface area (TPSA) is 393 Å². The molecule has 0 heterocycles. The number of hydrogen-bond donors (Lipinski definition) is 11. The molecule has 0 bridgehead atoms. The van der Waals surface area contributed by atoms with Crippen LogP contribution in [0.5, 0.6) is 11.5 Å². The number of rotatable bonds is 16. The van der Waals surface area contributed by atoms with Gasteiger partial charge in [-0.2, -0.15) is 0 Å². The van der Waals surface area contributed by atoms with E-state index in [0.717, 1.165) is 0 Å². The first-order chi connectivity index (χ1) is 37.4. The zero-order valence-electron chi connectivity index (χ0n) is 46.3. The quantitative estimate of drug-likeness (QED) is 0.0375. The minimum absolute atomic E-state index is 0.0196. The fraction of sp³-hybridized carbons (Fsp3) is 0.500. The number of nitrogens with zero attached hydrogens (tertiary/aromatic N) is 4. The number of aromatic hydroxyl groups is 1. The molecule has 0 radical (unpaired) electrons. The van der Waals surface area contributed by atoms with Gasteiger partial charge in [-0.15, -0.1) is 0 Å². The van der Waals surface area contributed by atoms with Crippen LogP contribution in [-0.4, -0.2) is 170 Å². The third-order valence-electron chi connectivity index (χ3n) is 16.2. The minimum Gasteiger partial charge on any atom is -0.508 e. The highest BCUT2D eigenvalue weighted by atomic mass is 16.6. The number of aliphatic hydroxyl groups excluding tert-OH is 4. The van der Waals surface area contributed by atoms with Crippen LogP contribution in [0.1, 0.15) is 93.3 Å². The summed E-state index contributed by atoms with van der Waals surface area (Å²) in [7, 11) is 6.06. The molecule has 24 heteroatoms. The second-order valence-electron chi connectivity index (χ2n) is 23.0. The van der Waals surface area contributed by atoms with Crippen LogP contribution in [0.3, 0.4) is 0 Å². The Kier molecular flexibility index (Phi) is 15.4. The van der Waals surface area contributed by atoms with Crippen molar-refractivity contribution in [2.75, 3.05) is 60.3 Å². The Labute approximate surface area is 460 Å². The van der Waals surface area contributed by atoms with Gasteiger partial charge in [-0.3, -0.25) is 38.6 Å². The number of oxime groups is 2. The maximum Gasteiger partial charge on any atom is 0.255 e. The molecule has 0 saturated heterocycles. The van der Waals surface area contributed by atoms with Crippen molar-refractivity contribution >= 4 is 63.6 Å².